The van der Waals surface area contributed by atoms with Gasteiger partial charge < -0.3 is 5.73 Å². The van der Waals surface area contributed by atoms with E-state index in [1.165, 1.54) is 6.92 Å². The van der Waals surface area contributed by atoms with Crippen LogP contribution in [0, 0.1) is 0 Å². The van der Waals surface area contributed by atoms with Gasteiger partial charge in [-0.15, -0.1) is 0 Å². The second-order valence-corrected chi connectivity index (χ2v) is 3.01. The molecular weight excluding hydrogens is 232 g/mol. The Labute approximate surface area is 78.0 Å². The molecule has 3 nitrogen and oxygen atoms in total. The second-order valence-electron chi connectivity index (χ2n) is 2.09. The van der Waals surface area contributed by atoms with Crippen molar-refractivity contribution in [3.63, 3.8) is 0 Å². The minimum absolute atomic E-state index is 0.205. The number of hydrogen-bond acceptors (Lipinski definition) is 2. The first-order valence-electron chi connectivity index (χ1n) is 3.14. The first-order chi connectivity index (χ1) is 5.43. The van der Waals surface area contributed by atoms with Gasteiger partial charge in [0.15, 0.2) is 0 Å². The monoisotopic (exact) mass is 241 g/mol. The van der Waals surface area contributed by atoms with Gasteiger partial charge in [0.1, 0.15) is 12.4 Å². The molecule has 0 aromatic heterocycles. The Hall–Kier alpha value is -0.650. The van der Waals surface area contributed by atoms with E-state index in [4.69, 9.17) is 5.73 Å². The molecule has 0 fully saturated rings. The number of rotatable bonds is 4. The van der Waals surface area contributed by atoms with Gasteiger partial charge in [-0.3, -0.25) is 5.01 Å². The first-order valence-corrected chi connectivity index (χ1v) is 3.93. The van der Waals surface area contributed by atoms with Gasteiger partial charge in [-0.25, -0.2) is 8.78 Å². The van der Waals surface area contributed by atoms with E-state index in [0.29, 0.717) is 0 Å². The van der Waals surface area contributed by atoms with Crippen LogP contribution in [0.15, 0.2) is 16.3 Å². The van der Waals surface area contributed by atoms with Crippen molar-refractivity contribution in [1.82, 2.24) is 5.01 Å². The van der Waals surface area contributed by atoms with E-state index in [-0.39, 0.29) is 10.4 Å². The average Bonchev–Trinajstić information content (AvgIpc) is 1.83. The number of hydrogen-bond donors (Lipinski definition) is 1. The first kappa shape index (κ1) is 11.4. The van der Waals surface area contributed by atoms with Crippen molar-refractivity contribution >= 4 is 21.8 Å². The van der Waals surface area contributed by atoms with Crippen LogP contribution in [-0.4, -0.2) is 23.8 Å². The third-order valence-corrected chi connectivity index (χ3v) is 1.28. The van der Waals surface area contributed by atoms with Gasteiger partial charge in [0.25, 0.3) is 6.43 Å². The summed E-state index contributed by atoms with van der Waals surface area (Å²) in [6.45, 7) is 4.40. The maximum absolute atomic E-state index is 11.9. The van der Waals surface area contributed by atoms with Crippen LogP contribution in [0.3, 0.4) is 0 Å². The Balaban J connectivity index is 4.25. The third-order valence-electron chi connectivity index (χ3n) is 0.869. The molecule has 6 heteroatoms. The van der Waals surface area contributed by atoms with Gasteiger partial charge in [0.2, 0.25) is 0 Å². The summed E-state index contributed by atoms with van der Waals surface area (Å²) in [4.78, 5) is 0. The lowest BCUT2D eigenvalue weighted by atomic mass is 10.6. The van der Waals surface area contributed by atoms with Gasteiger partial charge in [0.05, 0.1) is 4.61 Å². The zero-order valence-corrected chi connectivity index (χ0v) is 8.18. The quantitative estimate of drug-likeness (QED) is 0.353. The highest BCUT2D eigenvalue weighted by Crippen LogP contribution is 2.11. The van der Waals surface area contributed by atoms with Crippen LogP contribution in [0.25, 0.3) is 0 Å². The van der Waals surface area contributed by atoms with Crippen molar-refractivity contribution < 1.29 is 8.78 Å². The third kappa shape index (κ3) is 5.06. The van der Waals surface area contributed by atoms with Crippen molar-refractivity contribution in [1.29, 1.82) is 0 Å². The molecule has 0 radical (unpaired) electrons. The molecule has 0 aliphatic heterocycles. The lowest BCUT2D eigenvalue weighted by Crippen LogP contribution is -2.24. The van der Waals surface area contributed by atoms with Crippen LogP contribution in [0.5, 0.6) is 0 Å². The minimum atomic E-state index is -2.47. The van der Waals surface area contributed by atoms with Gasteiger partial charge in [0, 0.05) is 0 Å². The van der Waals surface area contributed by atoms with Crippen molar-refractivity contribution in [2.24, 2.45) is 10.8 Å². The highest BCUT2D eigenvalue weighted by Gasteiger charge is 2.11. The zero-order valence-electron chi connectivity index (χ0n) is 6.60. The second kappa shape index (κ2) is 5.08. The molecule has 12 heavy (non-hydrogen) atoms. The van der Waals surface area contributed by atoms with E-state index in [1.54, 1.807) is 0 Å². The zero-order chi connectivity index (χ0) is 9.72. The molecule has 2 N–H and O–H groups in total. The lowest BCUT2D eigenvalue weighted by Gasteiger charge is -2.16. The molecule has 0 unspecified atom stereocenters. The van der Waals surface area contributed by atoms with E-state index in [2.05, 4.69) is 27.6 Å². The van der Waals surface area contributed by atoms with E-state index in [1.807, 2.05) is 0 Å². The van der Waals surface area contributed by atoms with E-state index >= 15 is 0 Å². The molecule has 0 amide bonds. The molecule has 0 saturated carbocycles. The predicted octanol–water partition coefficient (Wildman–Crippen LogP) is 1.71. The van der Waals surface area contributed by atoms with E-state index in [9.17, 15) is 8.78 Å². The summed E-state index contributed by atoms with van der Waals surface area (Å²) in [6, 6.07) is 0. The number of amidine groups is 1. The lowest BCUT2D eigenvalue weighted by molar-refractivity contribution is 0.109. The molecule has 0 saturated heterocycles. The Morgan fingerprint density at radius 3 is 2.50 bits per heavy atom. The number of nitrogens with two attached hydrogens (primary N) is 1. The standard InChI is InChI=1S/C6H10BrF2N3/c1-4(7)12(3-6(8)9)11-5(2)10/h6H,1,3H2,2H3,(H2,10,11). The predicted molar refractivity (Wildman–Crippen MR) is 48.1 cm³/mol. The van der Waals surface area contributed by atoms with Gasteiger partial charge in [-0.1, -0.05) is 6.58 Å². The highest BCUT2D eigenvalue weighted by molar-refractivity contribution is 9.11. The molecule has 0 aliphatic carbocycles. The minimum Gasteiger partial charge on any atom is -0.386 e. The van der Waals surface area contributed by atoms with Crippen LogP contribution < -0.4 is 5.73 Å². The van der Waals surface area contributed by atoms with E-state index < -0.39 is 13.0 Å². The fourth-order valence-corrected chi connectivity index (χ4v) is 0.739. The topological polar surface area (TPSA) is 41.6 Å². The highest BCUT2D eigenvalue weighted by atomic mass is 79.9. The summed E-state index contributed by atoms with van der Waals surface area (Å²) in [5, 5.41) is 4.62. The smallest absolute Gasteiger partial charge is 0.257 e. The molecule has 0 aliphatic rings. The fourth-order valence-electron chi connectivity index (χ4n) is 0.515. The Bertz CT molecular complexity index is 189. The maximum Gasteiger partial charge on any atom is 0.257 e. The number of hydrazone groups is 1. The van der Waals surface area contributed by atoms with Gasteiger partial charge >= 0.3 is 0 Å². The Morgan fingerprint density at radius 2 is 2.25 bits per heavy atom. The molecule has 0 atom stereocenters. The summed E-state index contributed by atoms with van der Waals surface area (Å²) >= 11 is 2.93. The summed E-state index contributed by atoms with van der Waals surface area (Å²) in [6.07, 6.45) is -2.47. The molecule has 0 bridgehead atoms. The van der Waals surface area contributed by atoms with Gasteiger partial charge in [-0.05, 0) is 22.9 Å². The van der Waals surface area contributed by atoms with Crippen LogP contribution >= 0.6 is 15.9 Å². The SMILES string of the molecule is C=C(Br)N(CC(F)F)/N=C(/C)N. The van der Waals surface area contributed by atoms with Crippen LogP contribution in [0.1, 0.15) is 6.92 Å². The van der Waals surface area contributed by atoms with Crippen molar-refractivity contribution in [3.8, 4) is 0 Å². The Morgan fingerprint density at radius 1 is 1.75 bits per heavy atom. The molecule has 0 spiro atoms. The fraction of sp³-hybridized carbons (Fsp3) is 0.500. The van der Waals surface area contributed by atoms with E-state index in [0.717, 1.165) is 5.01 Å². The number of alkyl halides is 2. The molecule has 0 rings (SSSR count). The van der Waals surface area contributed by atoms with Crippen LogP contribution in [-0.2, 0) is 0 Å². The number of nitrogens with zero attached hydrogens (tertiary/aromatic N) is 2. The van der Waals surface area contributed by atoms with Crippen molar-refractivity contribution in [2.75, 3.05) is 6.54 Å². The van der Waals surface area contributed by atoms with Crippen molar-refractivity contribution in [2.45, 2.75) is 13.3 Å². The molecule has 0 heterocycles. The largest absolute Gasteiger partial charge is 0.386 e. The average molecular weight is 242 g/mol. The summed E-state index contributed by atoms with van der Waals surface area (Å²) in [7, 11) is 0. The normalized spacial score (nSPS) is 11.9. The number of halogens is 3. The molecule has 0 aromatic rings. The maximum atomic E-state index is 11.9. The van der Waals surface area contributed by atoms with Crippen LogP contribution in [0.4, 0.5) is 8.78 Å². The van der Waals surface area contributed by atoms with Crippen molar-refractivity contribution in [3.05, 3.63) is 11.2 Å². The molecular formula is C6H10BrF2N3. The van der Waals surface area contributed by atoms with Gasteiger partial charge in [-0.2, -0.15) is 5.10 Å². The van der Waals surface area contributed by atoms with Crippen LogP contribution in [0.2, 0.25) is 0 Å². The molecule has 70 valence electrons. The Kier molecular flexibility index (Phi) is 4.80. The molecule has 0 aromatic carbocycles. The summed E-state index contributed by atoms with van der Waals surface area (Å²) in [5.41, 5.74) is 5.21. The summed E-state index contributed by atoms with van der Waals surface area (Å²) in [5.74, 6) is 0.205. The summed E-state index contributed by atoms with van der Waals surface area (Å²) < 4.78 is 24.0.